The van der Waals surface area contributed by atoms with E-state index < -0.39 is 0 Å². The minimum absolute atomic E-state index is 0. The van der Waals surface area contributed by atoms with E-state index >= 15 is 0 Å². The van der Waals surface area contributed by atoms with Crippen LogP contribution in [0.1, 0.15) is 30.9 Å². The molecule has 2 saturated heterocycles. The van der Waals surface area contributed by atoms with E-state index in [4.69, 9.17) is 10.5 Å². The molecule has 3 rings (SSSR count). The van der Waals surface area contributed by atoms with E-state index in [0.717, 1.165) is 52.0 Å². The predicted molar refractivity (Wildman–Crippen MR) is 105 cm³/mol. The number of halogens is 2. The number of nitrogens with zero attached hydrogens (tertiary/aromatic N) is 2. The second kappa shape index (κ2) is 9.62. The summed E-state index contributed by atoms with van der Waals surface area (Å²) < 4.78 is 5.69. The van der Waals surface area contributed by atoms with Crippen LogP contribution >= 0.6 is 24.8 Å². The summed E-state index contributed by atoms with van der Waals surface area (Å²) in [5.74, 6) is 0. The number of rotatable bonds is 5. The molecule has 0 radical (unpaired) electrons. The fourth-order valence-corrected chi connectivity index (χ4v) is 3.62. The molecule has 0 aliphatic carbocycles. The number of carbonyl (C=O) groups is 1. The van der Waals surface area contributed by atoms with E-state index in [-0.39, 0.29) is 36.5 Å². The van der Waals surface area contributed by atoms with Gasteiger partial charge in [0.05, 0.1) is 6.54 Å². The second-order valence-electron chi connectivity index (χ2n) is 6.70. The summed E-state index contributed by atoms with van der Waals surface area (Å²) in [5.41, 5.74) is 8.04. The van der Waals surface area contributed by atoms with Gasteiger partial charge in [-0.05, 0) is 31.0 Å². The van der Waals surface area contributed by atoms with Crippen LogP contribution in [0.5, 0.6) is 0 Å². The van der Waals surface area contributed by atoms with E-state index in [9.17, 15) is 4.79 Å². The highest BCUT2D eigenvalue weighted by molar-refractivity contribution is 5.85. The molecule has 0 saturated carbocycles. The van der Waals surface area contributed by atoms with Gasteiger partial charge >= 0.3 is 6.09 Å². The van der Waals surface area contributed by atoms with Crippen molar-refractivity contribution in [3.05, 3.63) is 35.4 Å². The van der Waals surface area contributed by atoms with Gasteiger partial charge in [0.25, 0.3) is 0 Å². The third-order valence-electron chi connectivity index (χ3n) is 5.02. The smallest absolute Gasteiger partial charge is 0.410 e. The Balaban J connectivity index is 0.00000156. The molecule has 1 amide bonds. The Morgan fingerprint density at radius 1 is 1.20 bits per heavy atom. The summed E-state index contributed by atoms with van der Waals surface area (Å²) in [7, 11) is 0. The lowest BCUT2D eigenvalue weighted by atomic mass is 9.91. The first-order valence-electron chi connectivity index (χ1n) is 8.62. The van der Waals surface area contributed by atoms with E-state index in [0.29, 0.717) is 6.54 Å². The van der Waals surface area contributed by atoms with Crippen LogP contribution in [-0.4, -0.2) is 54.2 Å². The average Bonchev–Trinajstić information content (AvgIpc) is 2.86. The third-order valence-corrected chi connectivity index (χ3v) is 5.02. The van der Waals surface area contributed by atoms with Gasteiger partial charge in [-0.2, -0.15) is 0 Å². The van der Waals surface area contributed by atoms with Crippen LogP contribution < -0.4 is 5.73 Å². The number of amides is 1. The SMILES string of the molecule is CCN1CC2(CCN(Cc3cccc(CCN)c3)CC2)OC1=O.Cl.Cl. The van der Waals surface area contributed by atoms with Crippen LogP contribution in [0.25, 0.3) is 0 Å². The average molecular weight is 390 g/mol. The first kappa shape index (κ1) is 22.0. The molecule has 25 heavy (non-hydrogen) atoms. The summed E-state index contributed by atoms with van der Waals surface area (Å²) in [5, 5.41) is 0. The molecular formula is C18H29Cl2N3O2. The number of likely N-dealkylation sites (tertiary alicyclic amines) is 1. The molecule has 7 heteroatoms. The van der Waals surface area contributed by atoms with E-state index in [1.54, 1.807) is 0 Å². The molecule has 2 aliphatic heterocycles. The molecule has 1 aromatic carbocycles. The number of hydrogen-bond donors (Lipinski definition) is 1. The van der Waals surface area contributed by atoms with Gasteiger partial charge in [0.2, 0.25) is 0 Å². The molecule has 2 aliphatic rings. The van der Waals surface area contributed by atoms with Gasteiger partial charge in [0, 0.05) is 39.0 Å². The highest BCUT2D eigenvalue weighted by atomic mass is 35.5. The van der Waals surface area contributed by atoms with E-state index in [1.807, 2.05) is 11.8 Å². The number of hydrogen-bond acceptors (Lipinski definition) is 4. The number of piperidine rings is 1. The van der Waals surface area contributed by atoms with Crippen molar-refractivity contribution in [1.82, 2.24) is 9.80 Å². The molecule has 2 N–H and O–H groups in total. The van der Waals surface area contributed by atoms with Crippen molar-refractivity contribution < 1.29 is 9.53 Å². The van der Waals surface area contributed by atoms with Crippen LogP contribution in [-0.2, 0) is 17.7 Å². The minimum atomic E-state index is -0.245. The highest BCUT2D eigenvalue weighted by Crippen LogP contribution is 2.33. The Bertz CT molecular complexity index is 563. The number of carbonyl (C=O) groups excluding carboxylic acids is 1. The Morgan fingerprint density at radius 2 is 1.88 bits per heavy atom. The van der Waals surface area contributed by atoms with Crippen LogP contribution in [0.4, 0.5) is 4.79 Å². The van der Waals surface area contributed by atoms with E-state index in [1.165, 1.54) is 11.1 Å². The summed E-state index contributed by atoms with van der Waals surface area (Å²) in [6, 6.07) is 8.69. The zero-order chi connectivity index (χ0) is 16.3. The van der Waals surface area contributed by atoms with E-state index in [2.05, 4.69) is 29.2 Å². The lowest BCUT2D eigenvalue weighted by Crippen LogP contribution is -2.46. The van der Waals surface area contributed by atoms with Gasteiger partial charge < -0.3 is 15.4 Å². The molecule has 142 valence electrons. The lowest BCUT2D eigenvalue weighted by Gasteiger charge is -2.37. The number of nitrogens with two attached hydrogens (primary N) is 1. The Hall–Kier alpha value is -1.01. The molecular weight excluding hydrogens is 361 g/mol. The van der Waals surface area contributed by atoms with Crippen molar-refractivity contribution in [3.8, 4) is 0 Å². The number of likely N-dealkylation sites (N-methyl/N-ethyl adjacent to an activating group) is 1. The van der Waals surface area contributed by atoms with Crippen LogP contribution in [0.3, 0.4) is 0 Å². The maximum Gasteiger partial charge on any atom is 0.410 e. The number of benzene rings is 1. The van der Waals surface area contributed by atoms with Crippen molar-refractivity contribution in [2.75, 3.05) is 32.7 Å². The Kier molecular flexibility index (Phi) is 8.48. The monoisotopic (exact) mass is 389 g/mol. The summed E-state index contributed by atoms with van der Waals surface area (Å²) >= 11 is 0. The van der Waals surface area contributed by atoms with Crippen molar-refractivity contribution in [1.29, 1.82) is 0 Å². The van der Waals surface area contributed by atoms with Crippen molar-refractivity contribution >= 4 is 30.9 Å². The summed E-state index contributed by atoms with van der Waals surface area (Å²) in [6.07, 6.45) is 2.64. The molecule has 0 aromatic heterocycles. The maximum atomic E-state index is 11.8. The fraction of sp³-hybridized carbons (Fsp3) is 0.611. The van der Waals surface area contributed by atoms with Crippen molar-refractivity contribution in [3.63, 3.8) is 0 Å². The normalized spacial score (nSPS) is 19.3. The first-order valence-corrected chi connectivity index (χ1v) is 8.62. The minimum Gasteiger partial charge on any atom is -0.441 e. The molecule has 0 atom stereocenters. The lowest BCUT2D eigenvalue weighted by molar-refractivity contribution is -0.00123. The van der Waals surface area contributed by atoms with Gasteiger partial charge in [-0.15, -0.1) is 24.8 Å². The Morgan fingerprint density at radius 3 is 2.48 bits per heavy atom. The highest BCUT2D eigenvalue weighted by Gasteiger charge is 2.46. The van der Waals surface area contributed by atoms with Gasteiger partial charge in [-0.1, -0.05) is 24.3 Å². The topological polar surface area (TPSA) is 58.8 Å². The fourth-order valence-electron chi connectivity index (χ4n) is 3.62. The van der Waals surface area contributed by atoms with Gasteiger partial charge in [-0.25, -0.2) is 4.79 Å². The van der Waals surface area contributed by atoms with Crippen LogP contribution in [0.15, 0.2) is 24.3 Å². The van der Waals surface area contributed by atoms with Crippen LogP contribution in [0.2, 0.25) is 0 Å². The molecule has 2 fully saturated rings. The quantitative estimate of drug-likeness (QED) is 0.840. The van der Waals surface area contributed by atoms with Gasteiger partial charge in [0.1, 0.15) is 5.60 Å². The molecule has 2 heterocycles. The molecule has 0 bridgehead atoms. The maximum absolute atomic E-state index is 11.8. The summed E-state index contributed by atoms with van der Waals surface area (Å²) in [6.45, 7) is 7.09. The summed E-state index contributed by atoms with van der Waals surface area (Å²) in [4.78, 5) is 16.1. The van der Waals surface area contributed by atoms with Gasteiger partial charge in [-0.3, -0.25) is 4.90 Å². The van der Waals surface area contributed by atoms with Crippen LogP contribution in [0, 0.1) is 0 Å². The standard InChI is InChI=1S/C18H27N3O2.2ClH/c1-2-21-14-18(23-17(21)22)7-10-20(11-8-18)13-16-5-3-4-15(12-16)6-9-19;;/h3-5,12H,2,6-11,13-14,19H2,1H3;2*1H. The molecule has 1 aromatic rings. The third kappa shape index (κ3) is 5.23. The zero-order valence-electron chi connectivity index (χ0n) is 14.8. The number of ether oxygens (including phenoxy) is 1. The zero-order valence-corrected chi connectivity index (χ0v) is 16.4. The van der Waals surface area contributed by atoms with Crippen molar-refractivity contribution in [2.24, 2.45) is 5.73 Å². The Labute approximate surface area is 162 Å². The molecule has 5 nitrogen and oxygen atoms in total. The van der Waals surface area contributed by atoms with Crippen molar-refractivity contribution in [2.45, 2.75) is 38.3 Å². The van der Waals surface area contributed by atoms with Gasteiger partial charge in [0.15, 0.2) is 0 Å². The predicted octanol–water partition coefficient (Wildman–Crippen LogP) is 2.84. The second-order valence-corrected chi connectivity index (χ2v) is 6.70. The largest absolute Gasteiger partial charge is 0.441 e. The molecule has 0 unspecified atom stereocenters. The molecule has 1 spiro atoms. The first-order chi connectivity index (χ1) is 11.1.